The van der Waals surface area contributed by atoms with Gasteiger partial charge in [-0.25, -0.2) is 5.01 Å². The van der Waals surface area contributed by atoms with Crippen LogP contribution >= 0.6 is 0 Å². The van der Waals surface area contributed by atoms with Gasteiger partial charge in [0.25, 0.3) is 0 Å². The van der Waals surface area contributed by atoms with Crippen molar-refractivity contribution in [1.82, 2.24) is 10.4 Å². The predicted molar refractivity (Wildman–Crippen MR) is 50.5 cm³/mol. The fourth-order valence-electron chi connectivity index (χ4n) is 0.880. The Balaban J connectivity index is 3.25. The summed E-state index contributed by atoms with van der Waals surface area (Å²) in [6.45, 7) is 3.62. The van der Waals surface area contributed by atoms with E-state index in [2.05, 4.69) is 12.0 Å². The molecule has 0 heterocycles. The zero-order valence-electron chi connectivity index (χ0n) is 7.97. The molecule has 3 heteroatoms. The van der Waals surface area contributed by atoms with Crippen LogP contribution in [-0.2, 0) is 4.79 Å². The normalized spacial score (nSPS) is 9.92. The Morgan fingerprint density at radius 3 is 2.67 bits per heavy atom. The third-order valence-corrected chi connectivity index (χ3v) is 1.41. The van der Waals surface area contributed by atoms with Crippen LogP contribution in [0.3, 0.4) is 0 Å². The monoisotopic (exact) mass is 170 g/mol. The van der Waals surface area contributed by atoms with Crippen LogP contribution in [0.15, 0.2) is 12.7 Å². The third-order valence-electron chi connectivity index (χ3n) is 1.41. The number of carbonyl (C=O) groups excluding carboxylic acids is 1. The number of amides is 1. The van der Waals surface area contributed by atoms with Crippen molar-refractivity contribution < 1.29 is 4.79 Å². The lowest BCUT2D eigenvalue weighted by Gasteiger charge is -2.10. The molecule has 0 aromatic rings. The van der Waals surface area contributed by atoms with Crippen LogP contribution in [0.5, 0.6) is 0 Å². The second-order valence-corrected chi connectivity index (χ2v) is 2.96. The van der Waals surface area contributed by atoms with Crippen molar-refractivity contribution in [3.63, 3.8) is 0 Å². The first-order valence-corrected chi connectivity index (χ1v) is 4.24. The summed E-state index contributed by atoms with van der Waals surface area (Å²) < 4.78 is 0. The van der Waals surface area contributed by atoms with E-state index < -0.39 is 0 Å². The highest BCUT2D eigenvalue weighted by Gasteiger charge is 1.99. The van der Waals surface area contributed by atoms with Crippen molar-refractivity contribution in [2.24, 2.45) is 0 Å². The maximum absolute atomic E-state index is 11.0. The molecular formula is C9H18N2O. The molecule has 0 aliphatic rings. The minimum Gasteiger partial charge on any atom is -0.289 e. The van der Waals surface area contributed by atoms with E-state index in [9.17, 15) is 4.79 Å². The van der Waals surface area contributed by atoms with Crippen molar-refractivity contribution in [3.05, 3.63) is 12.7 Å². The number of rotatable bonds is 6. The van der Waals surface area contributed by atoms with Crippen molar-refractivity contribution in [2.75, 3.05) is 14.1 Å². The van der Waals surface area contributed by atoms with Crippen molar-refractivity contribution in [1.29, 1.82) is 0 Å². The Morgan fingerprint density at radius 1 is 1.50 bits per heavy atom. The zero-order chi connectivity index (χ0) is 9.40. The molecule has 70 valence electrons. The van der Waals surface area contributed by atoms with Gasteiger partial charge in [-0.05, 0) is 19.3 Å². The van der Waals surface area contributed by atoms with E-state index in [1.165, 1.54) is 0 Å². The van der Waals surface area contributed by atoms with E-state index in [1.54, 1.807) is 5.01 Å². The van der Waals surface area contributed by atoms with Gasteiger partial charge in [0.2, 0.25) is 5.91 Å². The maximum atomic E-state index is 11.0. The molecule has 12 heavy (non-hydrogen) atoms. The van der Waals surface area contributed by atoms with Crippen LogP contribution in [0.1, 0.15) is 25.7 Å². The molecule has 3 nitrogen and oxygen atoms in total. The summed E-state index contributed by atoms with van der Waals surface area (Å²) in [5.41, 5.74) is 2.69. The fraction of sp³-hybridized carbons (Fsp3) is 0.667. The average molecular weight is 170 g/mol. The molecule has 0 rings (SSSR count). The number of allylic oxidation sites excluding steroid dienone is 1. The summed E-state index contributed by atoms with van der Waals surface area (Å²) in [6.07, 6.45) is 5.46. The maximum Gasteiger partial charge on any atom is 0.234 e. The molecule has 0 radical (unpaired) electrons. The predicted octanol–water partition coefficient (Wildman–Crippen LogP) is 1.33. The van der Waals surface area contributed by atoms with Crippen molar-refractivity contribution >= 4 is 5.91 Å². The van der Waals surface area contributed by atoms with Gasteiger partial charge in [0.1, 0.15) is 0 Å². The molecule has 0 aliphatic heterocycles. The molecule has 0 aromatic heterocycles. The van der Waals surface area contributed by atoms with Gasteiger partial charge in [-0.3, -0.25) is 10.2 Å². The highest BCUT2D eigenvalue weighted by atomic mass is 16.2. The van der Waals surface area contributed by atoms with Crippen LogP contribution in [0.4, 0.5) is 0 Å². The van der Waals surface area contributed by atoms with Gasteiger partial charge in [0, 0.05) is 20.5 Å². The minimum atomic E-state index is 0.0871. The largest absolute Gasteiger partial charge is 0.289 e. The quantitative estimate of drug-likeness (QED) is 0.370. The summed E-state index contributed by atoms with van der Waals surface area (Å²) >= 11 is 0. The van der Waals surface area contributed by atoms with Crippen LogP contribution in [0, 0.1) is 0 Å². The topological polar surface area (TPSA) is 32.3 Å². The molecule has 0 fully saturated rings. The Hall–Kier alpha value is -0.830. The first kappa shape index (κ1) is 11.2. The zero-order valence-corrected chi connectivity index (χ0v) is 7.97. The van der Waals surface area contributed by atoms with Gasteiger partial charge in [-0.1, -0.05) is 6.08 Å². The Labute approximate surface area is 74.4 Å². The number of nitrogens with one attached hydrogen (secondary N) is 1. The van der Waals surface area contributed by atoms with Gasteiger partial charge < -0.3 is 0 Å². The minimum absolute atomic E-state index is 0.0871. The molecule has 0 aromatic carbocycles. The lowest BCUT2D eigenvalue weighted by Crippen LogP contribution is -2.35. The summed E-state index contributed by atoms with van der Waals surface area (Å²) in [6, 6.07) is 0. The fourth-order valence-corrected chi connectivity index (χ4v) is 0.880. The smallest absolute Gasteiger partial charge is 0.234 e. The SMILES string of the molecule is C=CCCCCC(=O)NN(C)C. The first-order valence-electron chi connectivity index (χ1n) is 4.24. The molecule has 0 aliphatic carbocycles. The Bertz CT molecular complexity index is 143. The van der Waals surface area contributed by atoms with Gasteiger partial charge in [0.05, 0.1) is 0 Å². The molecule has 0 spiro atoms. The number of hydrazine groups is 1. The van der Waals surface area contributed by atoms with E-state index in [4.69, 9.17) is 0 Å². The Kier molecular flexibility index (Phi) is 6.38. The number of unbranched alkanes of at least 4 members (excludes halogenated alkanes) is 2. The summed E-state index contributed by atoms with van der Waals surface area (Å²) in [5, 5.41) is 1.66. The Morgan fingerprint density at radius 2 is 2.17 bits per heavy atom. The second-order valence-electron chi connectivity index (χ2n) is 2.96. The number of hydrogen-bond acceptors (Lipinski definition) is 2. The van der Waals surface area contributed by atoms with E-state index in [0.717, 1.165) is 19.3 Å². The first-order chi connectivity index (χ1) is 5.66. The van der Waals surface area contributed by atoms with E-state index in [0.29, 0.717) is 6.42 Å². The average Bonchev–Trinajstić information content (AvgIpc) is 1.97. The van der Waals surface area contributed by atoms with Gasteiger partial charge in [-0.15, -0.1) is 6.58 Å². The molecule has 1 N–H and O–H groups in total. The molecule has 0 unspecified atom stereocenters. The second kappa shape index (κ2) is 6.85. The standard InChI is InChI=1S/C9H18N2O/c1-4-5-6-7-8-9(12)10-11(2)3/h4H,1,5-8H2,2-3H3,(H,10,12). The highest BCUT2D eigenvalue weighted by molar-refractivity contribution is 5.75. The van der Waals surface area contributed by atoms with Crippen molar-refractivity contribution in [2.45, 2.75) is 25.7 Å². The molecule has 0 saturated carbocycles. The van der Waals surface area contributed by atoms with E-state index in [-0.39, 0.29) is 5.91 Å². The lowest BCUT2D eigenvalue weighted by atomic mass is 10.2. The highest BCUT2D eigenvalue weighted by Crippen LogP contribution is 1.99. The van der Waals surface area contributed by atoms with Crippen molar-refractivity contribution in [3.8, 4) is 0 Å². The summed E-state index contributed by atoms with van der Waals surface area (Å²) in [4.78, 5) is 11.0. The number of hydrogen-bond donors (Lipinski definition) is 1. The summed E-state index contributed by atoms with van der Waals surface area (Å²) in [5.74, 6) is 0.0871. The van der Waals surface area contributed by atoms with Crippen LogP contribution in [0.25, 0.3) is 0 Å². The molecule has 0 bridgehead atoms. The third kappa shape index (κ3) is 7.28. The van der Waals surface area contributed by atoms with Crippen LogP contribution < -0.4 is 5.43 Å². The summed E-state index contributed by atoms with van der Waals surface area (Å²) in [7, 11) is 3.61. The van der Waals surface area contributed by atoms with Gasteiger partial charge in [-0.2, -0.15) is 0 Å². The van der Waals surface area contributed by atoms with Gasteiger partial charge in [0.15, 0.2) is 0 Å². The number of nitrogens with zero attached hydrogens (tertiary/aromatic N) is 1. The number of carbonyl (C=O) groups is 1. The molecule has 0 saturated heterocycles. The van der Waals surface area contributed by atoms with E-state index >= 15 is 0 Å². The van der Waals surface area contributed by atoms with Gasteiger partial charge >= 0.3 is 0 Å². The van der Waals surface area contributed by atoms with Crippen LogP contribution in [-0.4, -0.2) is 25.0 Å². The lowest BCUT2D eigenvalue weighted by molar-refractivity contribution is -0.124. The molecule has 0 atom stereocenters. The van der Waals surface area contributed by atoms with Crippen LogP contribution in [0.2, 0.25) is 0 Å². The molecular weight excluding hydrogens is 152 g/mol. The molecule has 1 amide bonds. The van der Waals surface area contributed by atoms with E-state index in [1.807, 2.05) is 20.2 Å².